The summed E-state index contributed by atoms with van der Waals surface area (Å²) in [6, 6.07) is 11.7. The predicted octanol–water partition coefficient (Wildman–Crippen LogP) is -1.67. The van der Waals surface area contributed by atoms with Crippen LogP contribution in [0.5, 0.6) is 17.2 Å². The van der Waals surface area contributed by atoms with E-state index in [0.717, 1.165) is 40.3 Å². The second-order valence-corrected chi connectivity index (χ2v) is 6.34. The Kier molecular flexibility index (Phi) is 6.93. The van der Waals surface area contributed by atoms with Gasteiger partial charge in [0.25, 0.3) is 0 Å². The van der Waals surface area contributed by atoms with Crippen molar-refractivity contribution in [3.05, 3.63) is 53.1 Å². The zero-order chi connectivity index (χ0) is 18.7. The summed E-state index contributed by atoms with van der Waals surface area (Å²) in [5.74, 6) is 1.32. The Labute approximate surface area is 165 Å². The SMILES string of the molecule is COc1ccc(C2c3cc(OC)c(OC)cc3CC[NH+]2CC(=O)O)cc1.[Cl-]. The van der Waals surface area contributed by atoms with Gasteiger partial charge in [-0.15, -0.1) is 0 Å². The van der Waals surface area contributed by atoms with Gasteiger partial charge in [-0.05, 0) is 42.0 Å². The number of aliphatic carboxylic acids is 1. The number of methoxy groups -OCH3 is 3. The molecule has 0 amide bonds. The first-order valence-corrected chi connectivity index (χ1v) is 8.52. The van der Waals surface area contributed by atoms with Gasteiger partial charge in [0.1, 0.15) is 11.8 Å². The average molecular weight is 394 g/mol. The molecule has 146 valence electrons. The van der Waals surface area contributed by atoms with Crippen LogP contribution in [0.4, 0.5) is 0 Å². The van der Waals surface area contributed by atoms with Crippen molar-refractivity contribution in [3.63, 3.8) is 0 Å². The predicted molar refractivity (Wildman–Crippen MR) is 96.4 cm³/mol. The fourth-order valence-electron chi connectivity index (χ4n) is 3.68. The van der Waals surface area contributed by atoms with Gasteiger partial charge in [-0.3, -0.25) is 0 Å². The van der Waals surface area contributed by atoms with Crippen LogP contribution >= 0.6 is 0 Å². The molecule has 0 spiro atoms. The summed E-state index contributed by atoms with van der Waals surface area (Å²) in [5.41, 5.74) is 3.29. The first-order valence-electron chi connectivity index (χ1n) is 8.52. The molecule has 2 N–H and O–H groups in total. The van der Waals surface area contributed by atoms with E-state index in [1.54, 1.807) is 21.3 Å². The standard InChI is InChI=1S/C20H23NO5.ClH/c1-24-15-6-4-13(5-7-15)20-16-11-18(26-3)17(25-2)10-14(16)8-9-21(20)12-19(22)23;/h4-7,10-11,20H,8-9,12H2,1-3H3,(H,22,23);1H. The lowest BCUT2D eigenvalue weighted by Gasteiger charge is -2.34. The number of quaternary nitrogens is 1. The molecule has 2 aromatic rings. The summed E-state index contributed by atoms with van der Waals surface area (Å²) >= 11 is 0. The molecule has 1 heterocycles. The Hall–Kier alpha value is -2.44. The number of carboxylic acids is 1. The number of nitrogens with one attached hydrogen (secondary N) is 1. The molecule has 27 heavy (non-hydrogen) atoms. The Morgan fingerprint density at radius 1 is 1.07 bits per heavy atom. The molecule has 2 unspecified atom stereocenters. The molecule has 1 aliphatic heterocycles. The van der Waals surface area contributed by atoms with Crippen molar-refractivity contribution in [1.29, 1.82) is 0 Å². The van der Waals surface area contributed by atoms with E-state index in [4.69, 9.17) is 14.2 Å². The minimum absolute atomic E-state index is 0. The molecule has 7 heteroatoms. The number of benzene rings is 2. The number of rotatable bonds is 6. The van der Waals surface area contributed by atoms with E-state index < -0.39 is 5.97 Å². The third-order valence-corrected chi connectivity index (χ3v) is 4.91. The molecule has 0 radical (unpaired) electrons. The second-order valence-electron chi connectivity index (χ2n) is 6.34. The number of halogens is 1. The Morgan fingerprint density at radius 2 is 1.70 bits per heavy atom. The van der Waals surface area contributed by atoms with Crippen LogP contribution in [-0.2, 0) is 11.2 Å². The van der Waals surface area contributed by atoms with Crippen molar-refractivity contribution in [1.82, 2.24) is 0 Å². The van der Waals surface area contributed by atoms with Crippen molar-refractivity contribution in [2.24, 2.45) is 0 Å². The van der Waals surface area contributed by atoms with E-state index >= 15 is 0 Å². The first-order chi connectivity index (χ1) is 12.6. The van der Waals surface area contributed by atoms with Gasteiger partial charge in [0, 0.05) is 17.5 Å². The third kappa shape index (κ3) is 4.28. The highest BCUT2D eigenvalue weighted by atomic mass is 35.5. The minimum atomic E-state index is -0.803. The Balaban J connectivity index is 0.00000261. The lowest BCUT2D eigenvalue weighted by atomic mass is 9.87. The van der Waals surface area contributed by atoms with Crippen molar-refractivity contribution in [2.75, 3.05) is 34.4 Å². The number of carboxylic acid groups (broad SMARTS) is 1. The molecular weight excluding hydrogens is 370 g/mol. The van der Waals surface area contributed by atoms with E-state index in [-0.39, 0.29) is 25.0 Å². The van der Waals surface area contributed by atoms with E-state index in [1.165, 1.54) is 0 Å². The van der Waals surface area contributed by atoms with Gasteiger partial charge in [0.05, 0.1) is 27.9 Å². The first kappa shape index (κ1) is 20.9. The van der Waals surface area contributed by atoms with Gasteiger partial charge in [0.2, 0.25) is 0 Å². The lowest BCUT2D eigenvalue weighted by Crippen LogP contribution is -3.14. The maximum absolute atomic E-state index is 11.4. The lowest BCUT2D eigenvalue weighted by molar-refractivity contribution is -0.920. The number of ether oxygens (including phenoxy) is 3. The van der Waals surface area contributed by atoms with Gasteiger partial charge in [0.15, 0.2) is 18.0 Å². The molecule has 2 atom stereocenters. The van der Waals surface area contributed by atoms with Crippen LogP contribution in [0.15, 0.2) is 36.4 Å². The quantitative estimate of drug-likeness (QED) is 0.614. The maximum Gasteiger partial charge on any atom is 0.359 e. The van der Waals surface area contributed by atoms with Crippen LogP contribution in [0.1, 0.15) is 22.7 Å². The van der Waals surface area contributed by atoms with Crippen LogP contribution in [0.3, 0.4) is 0 Å². The van der Waals surface area contributed by atoms with Crippen LogP contribution in [0, 0.1) is 0 Å². The van der Waals surface area contributed by atoms with Gasteiger partial charge in [-0.25, -0.2) is 4.79 Å². The number of hydrogen-bond acceptors (Lipinski definition) is 4. The molecule has 2 aromatic carbocycles. The fraction of sp³-hybridized carbons (Fsp3) is 0.350. The van der Waals surface area contributed by atoms with Gasteiger partial charge >= 0.3 is 5.97 Å². The highest BCUT2D eigenvalue weighted by Crippen LogP contribution is 2.36. The monoisotopic (exact) mass is 393 g/mol. The van der Waals surface area contributed by atoms with Crippen LogP contribution in [-0.4, -0.2) is 45.5 Å². The smallest absolute Gasteiger partial charge is 0.359 e. The molecule has 0 aromatic heterocycles. The zero-order valence-corrected chi connectivity index (χ0v) is 16.4. The van der Waals surface area contributed by atoms with E-state index in [9.17, 15) is 9.90 Å². The van der Waals surface area contributed by atoms with Crippen LogP contribution < -0.4 is 31.5 Å². The maximum atomic E-state index is 11.4. The Bertz CT molecular complexity index is 794. The van der Waals surface area contributed by atoms with Crippen molar-refractivity contribution in [3.8, 4) is 17.2 Å². The molecule has 1 aliphatic rings. The molecular formula is C20H24ClNO5. The molecule has 0 aliphatic carbocycles. The fourth-order valence-corrected chi connectivity index (χ4v) is 3.68. The number of carbonyl (C=O) groups is 1. The number of hydrogen-bond donors (Lipinski definition) is 2. The van der Waals surface area contributed by atoms with Gasteiger partial charge < -0.3 is 36.6 Å². The van der Waals surface area contributed by atoms with Crippen molar-refractivity contribution < 1.29 is 41.4 Å². The van der Waals surface area contributed by atoms with Crippen molar-refractivity contribution >= 4 is 5.97 Å². The summed E-state index contributed by atoms with van der Waals surface area (Å²) in [6.07, 6.45) is 0.797. The minimum Gasteiger partial charge on any atom is -1.00 e. The molecule has 6 nitrogen and oxygen atoms in total. The normalized spacial score (nSPS) is 18.0. The third-order valence-electron chi connectivity index (χ3n) is 4.91. The largest absolute Gasteiger partial charge is 1.00 e. The molecule has 0 fully saturated rings. The molecule has 3 rings (SSSR count). The topological polar surface area (TPSA) is 69.4 Å². The van der Waals surface area contributed by atoms with Gasteiger partial charge in [-0.2, -0.15) is 0 Å². The highest BCUT2D eigenvalue weighted by Gasteiger charge is 2.35. The second kappa shape index (κ2) is 8.97. The van der Waals surface area contributed by atoms with E-state index in [1.807, 2.05) is 36.4 Å². The summed E-state index contributed by atoms with van der Waals surface area (Å²) in [7, 11) is 4.86. The zero-order valence-electron chi connectivity index (χ0n) is 15.6. The number of fused-ring (bicyclic) bond motifs is 1. The van der Waals surface area contributed by atoms with E-state index in [0.29, 0.717) is 11.5 Å². The van der Waals surface area contributed by atoms with Gasteiger partial charge in [-0.1, -0.05) is 0 Å². The molecule has 0 bridgehead atoms. The summed E-state index contributed by atoms with van der Waals surface area (Å²) < 4.78 is 16.1. The Morgan fingerprint density at radius 3 is 2.26 bits per heavy atom. The van der Waals surface area contributed by atoms with Crippen LogP contribution in [0.25, 0.3) is 0 Å². The summed E-state index contributed by atoms with van der Waals surface area (Å²) in [5, 5.41) is 9.36. The summed E-state index contributed by atoms with van der Waals surface area (Å²) in [6.45, 7) is 0.802. The highest BCUT2D eigenvalue weighted by molar-refractivity contribution is 5.67. The molecule has 0 saturated heterocycles. The average Bonchev–Trinajstić information content (AvgIpc) is 2.66. The van der Waals surface area contributed by atoms with E-state index in [2.05, 4.69) is 0 Å². The molecule has 0 saturated carbocycles. The van der Waals surface area contributed by atoms with Crippen LogP contribution in [0.2, 0.25) is 0 Å². The van der Waals surface area contributed by atoms with Crippen molar-refractivity contribution in [2.45, 2.75) is 12.5 Å². The summed E-state index contributed by atoms with van der Waals surface area (Å²) in [4.78, 5) is 12.4.